The molecule has 0 bridgehead atoms. The molecule has 1 fully saturated rings. The van der Waals surface area contributed by atoms with Crippen molar-refractivity contribution in [2.45, 2.75) is 51.6 Å². The van der Waals surface area contributed by atoms with Gasteiger partial charge >= 0.3 is 6.03 Å². The molecule has 1 unspecified atom stereocenters. The lowest BCUT2D eigenvalue weighted by atomic mass is 10.1. The number of aryl methyl sites for hydroxylation is 2. The van der Waals surface area contributed by atoms with Crippen LogP contribution in [0.1, 0.15) is 42.9 Å². The van der Waals surface area contributed by atoms with Crippen LogP contribution in [0.3, 0.4) is 0 Å². The number of urea groups is 1. The topological polar surface area (TPSA) is 108 Å². The summed E-state index contributed by atoms with van der Waals surface area (Å²) in [5.41, 5.74) is 3.65. The highest BCUT2D eigenvalue weighted by molar-refractivity contribution is 6.29. The van der Waals surface area contributed by atoms with Crippen LogP contribution >= 0.6 is 11.6 Å². The molecular weight excluding hydrogens is 504 g/mol. The average molecular weight is 537 g/mol. The largest absolute Gasteiger partial charge is 0.350 e. The molecule has 5 rings (SSSR count). The molecule has 0 radical (unpaired) electrons. The standard InChI is InChI=1S/C27H33ClN8O2/c1-2-8-31-27(38)36(17-19-6-7-20-4-3-5-21(20)13-19)25(37)14-22-16-29-10-12-35(22)24-15-23(28)32-26(33-24)34-11-9-30-18-34/h6-7,9,11,13,15,18,22,29H,2-5,8,10,12,14,16-17H2,1H3,(H,31,38). The summed E-state index contributed by atoms with van der Waals surface area (Å²) >= 11 is 6.36. The van der Waals surface area contributed by atoms with Gasteiger partial charge in [0.1, 0.15) is 17.3 Å². The van der Waals surface area contributed by atoms with E-state index in [0.29, 0.717) is 36.6 Å². The van der Waals surface area contributed by atoms with Crippen molar-refractivity contribution in [2.24, 2.45) is 0 Å². The molecule has 3 aromatic rings. The van der Waals surface area contributed by atoms with E-state index < -0.39 is 0 Å². The lowest BCUT2D eigenvalue weighted by molar-refractivity contribution is -0.129. The van der Waals surface area contributed by atoms with E-state index in [9.17, 15) is 9.59 Å². The number of carbonyl (C=O) groups excluding carboxylic acids is 2. The van der Waals surface area contributed by atoms with Gasteiger partial charge in [-0.15, -0.1) is 0 Å². The summed E-state index contributed by atoms with van der Waals surface area (Å²) in [6.07, 6.45) is 9.24. The zero-order valence-electron chi connectivity index (χ0n) is 21.6. The first kappa shape index (κ1) is 26.1. The Balaban J connectivity index is 1.36. The molecule has 11 heteroatoms. The normalized spacial score (nSPS) is 16.8. The minimum Gasteiger partial charge on any atom is -0.350 e. The summed E-state index contributed by atoms with van der Waals surface area (Å²) in [6, 6.07) is 7.45. The molecule has 0 saturated carbocycles. The second-order valence-corrected chi connectivity index (χ2v) is 10.1. The van der Waals surface area contributed by atoms with Crippen molar-refractivity contribution < 1.29 is 9.59 Å². The summed E-state index contributed by atoms with van der Waals surface area (Å²) < 4.78 is 1.69. The Labute approximate surface area is 227 Å². The first-order valence-corrected chi connectivity index (χ1v) is 13.6. The molecule has 0 spiro atoms. The van der Waals surface area contributed by atoms with E-state index >= 15 is 0 Å². The van der Waals surface area contributed by atoms with E-state index in [4.69, 9.17) is 16.6 Å². The average Bonchev–Trinajstić information content (AvgIpc) is 3.62. The number of carbonyl (C=O) groups is 2. The molecule has 10 nitrogen and oxygen atoms in total. The van der Waals surface area contributed by atoms with Gasteiger partial charge in [-0.3, -0.25) is 14.3 Å². The maximum atomic E-state index is 13.7. The fourth-order valence-electron chi connectivity index (χ4n) is 5.10. The number of hydrogen-bond acceptors (Lipinski definition) is 7. The number of halogens is 1. The number of amides is 3. The predicted octanol–water partition coefficient (Wildman–Crippen LogP) is 3.12. The summed E-state index contributed by atoms with van der Waals surface area (Å²) in [7, 11) is 0. The van der Waals surface area contributed by atoms with Crippen LogP contribution in [0.2, 0.25) is 5.15 Å². The van der Waals surface area contributed by atoms with Crippen molar-refractivity contribution in [2.75, 3.05) is 31.1 Å². The highest BCUT2D eigenvalue weighted by Crippen LogP contribution is 2.25. The second-order valence-electron chi connectivity index (χ2n) is 9.74. The van der Waals surface area contributed by atoms with E-state index in [2.05, 4.69) is 37.6 Å². The fraction of sp³-hybridized carbons (Fsp3) is 0.444. The molecule has 3 amide bonds. The number of nitrogens with zero attached hydrogens (tertiary/aromatic N) is 6. The van der Waals surface area contributed by atoms with Crippen LogP contribution in [0.5, 0.6) is 0 Å². The predicted molar refractivity (Wildman–Crippen MR) is 145 cm³/mol. The number of hydrogen-bond donors (Lipinski definition) is 2. The second kappa shape index (κ2) is 11.9. The summed E-state index contributed by atoms with van der Waals surface area (Å²) in [6.45, 7) is 4.71. The minimum atomic E-state index is -0.361. The zero-order valence-corrected chi connectivity index (χ0v) is 22.3. The van der Waals surface area contributed by atoms with Gasteiger partial charge in [0.2, 0.25) is 11.9 Å². The van der Waals surface area contributed by atoms with Crippen LogP contribution in [0.15, 0.2) is 43.0 Å². The molecule has 1 aromatic carbocycles. The molecule has 1 saturated heterocycles. The highest BCUT2D eigenvalue weighted by Gasteiger charge is 2.31. The molecule has 1 aliphatic carbocycles. The van der Waals surface area contributed by atoms with Crippen molar-refractivity contribution >= 4 is 29.4 Å². The van der Waals surface area contributed by atoms with E-state index in [-0.39, 0.29) is 30.9 Å². The summed E-state index contributed by atoms with van der Waals surface area (Å²) in [5.74, 6) is 0.812. The molecule has 2 N–H and O–H groups in total. The summed E-state index contributed by atoms with van der Waals surface area (Å²) in [4.78, 5) is 43.3. The Bertz CT molecular complexity index is 1280. The van der Waals surface area contributed by atoms with Gasteiger partial charge in [0, 0.05) is 51.1 Å². The maximum absolute atomic E-state index is 13.7. The van der Waals surface area contributed by atoms with Gasteiger partial charge in [-0.1, -0.05) is 36.7 Å². The van der Waals surface area contributed by atoms with Crippen molar-refractivity contribution in [1.29, 1.82) is 0 Å². The third kappa shape index (κ3) is 5.97. The molecular formula is C27H33ClN8O2. The van der Waals surface area contributed by atoms with Crippen molar-refractivity contribution in [1.82, 2.24) is 35.1 Å². The number of rotatable bonds is 8. The third-order valence-corrected chi connectivity index (χ3v) is 7.23. The van der Waals surface area contributed by atoms with Crippen molar-refractivity contribution in [3.05, 3.63) is 64.8 Å². The third-order valence-electron chi connectivity index (χ3n) is 7.04. The van der Waals surface area contributed by atoms with Crippen molar-refractivity contribution in [3.8, 4) is 5.95 Å². The van der Waals surface area contributed by atoms with Gasteiger partial charge in [-0.25, -0.2) is 14.8 Å². The Morgan fingerprint density at radius 2 is 2.08 bits per heavy atom. The quantitative estimate of drug-likeness (QED) is 0.426. The number of imide groups is 1. The smallest absolute Gasteiger partial charge is 0.324 e. The Morgan fingerprint density at radius 1 is 1.21 bits per heavy atom. The van der Waals surface area contributed by atoms with Gasteiger partial charge in [0.25, 0.3) is 0 Å². The molecule has 1 aliphatic heterocycles. The van der Waals surface area contributed by atoms with E-state index in [1.807, 2.05) is 13.0 Å². The first-order valence-electron chi connectivity index (χ1n) is 13.2. The van der Waals surface area contributed by atoms with E-state index in [1.165, 1.54) is 16.0 Å². The number of piperazine rings is 1. The summed E-state index contributed by atoms with van der Waals surface area (Å²) in [5, 5.41) is 6.56. The van der Waals surface area contributed by atoms with Gasteiger partial charge in [0.15, 0.2) is 0 Å². The van der Waals surface area contributed by atoms with Crippen LogP contribution in [-0.2, 0) is 24.2 Å². The van der Waals surface area contributed by atoms with E-state index in [0.717, 1.165) is 37.8 Å². The van der Waals surface area contributed by atoms with E-state index in [1.54, 1.807) is 29.4 Å². The van der Waals surface area contributed by atoms with Crippen LogP contribution in [0.25, 0.3) is 5.95 Å². The van der Waals surface area contributed by atoms with Gasteiger partial charge in [-0.2, -0.15) is 4.98 Å². The van der Waals surface area contributed by atoms with Crippen molar-refractivity contribution in [3.63, 3.8) is 0 Å². The molecule has 200 valence electrons. The number of fused-ring (bicyclic) bond motifs is 1. The lowest BCUT2D eigenvalue weighted by Crippen LogP contribution is -2.54. The number of benzene rings is 1. The van der Waals surface area contributed by atoms with Crippen LogP contribution < -0.4 is 15.5 Å². The monoisotopic (exact) mass is 536 g/mol. The Kier molecular flexibility index (Phi) is 8.19. The molecule has 2 aliphatic rings. The maximum Gasteiger partial charge on any atom is 0.324 e. The van der Waals surface area contributed by atoms with Crippen LogP contribution in [0.4, 0.5) is 10.6 Å². The zero-order chi connectivity index (χ0) is 26.5. The Hall–Kier alpha value is -3.50. The molecule has 3 heterocycles. The van der Waals surface area contributed by atoms with Gasteiger partial charge in [-0.05, 0) is 42.4 Å². The SMILES string of the molecule is CCCNC(=O)N(Cc1ccc2c(c1)CCC2)C(=O)CC1CNCCN1c1cc(Cl)nc(-n2ccnc2)n1. The number of anilines is 1. The van der Waals surface area contributed by atoms with Crippen LogP contribution in [-0.4, -0.2) is 68.6 Å². The van der Waals surface area contributed by atoms with Gasteiger partial charge in [0.05, 0.1) is 12.6 Å². The fourth-order valence-corrected chi connectivity index (χ4v) is 5.27. The minimum absolute atomic E-state index is 0.152. The number of imidazole rings is 1. The first-order chi connectivity index (χ1) is 18.5. The molecule has 38 heavy (non-hydrogen) atoms. The number of aromatic nitrogens is 4. The Morgan fingerprint density at radius 3 is 2.89 bits per heavy atom. The number of nitrogens with one attached hydrogen (secondary N) is 2. The molecule has 2 aromatic heterocycles. The molecule has 1 atom stereocenters. The highest BCUT2D eigenvalue weighted by atomic mass is 35.5. The van der Waals surface area contributed by atoms with Gasteiger partial charge < -0.3 is 15.5 Å². The van der Waals surface area contributed by atoms with Crippen LogP contribution in [0, 0.1) is 0 Å². The lowest BCUT2D eigenvalue weighted by Gasteiger charge is -2.37.